The van der Waals surface area contributed by atoms with Crippen LogP contribution in [0.1, 0.15) is 24.4 Å². The van der Waals surface area contributed by atoms with Crippen molar-refractivity contribution in [3.63, 3.8) is 0 Å². The number of hydrogen-bond donors (Lipinski definition) is 1. The molecule has 4 rings (SSSR count). The second-order valence-electron chi connectivity index (χ2n) is 6.62. The summed E-state index contributed by atoms with van der Waals surface area (Å²) in [6.45, 7) is 2.97. The molecular formula is C20H24N2O3. The Balaban J connectivity index is 1.42. The number of aromatic nitrogens is 1. The van der Waals surface area contributed by atoms with E-state index in [0.717, 1.165) is 44.1 Å². The summed E-state index contributed by atoms with van der Waals surface area (Å²) in [5.41, 5.74) is 1.23. The normalized spacial score (nSPS) is 21.7. The fourth-order valence-corrected chi connectivity index (χ4v) is 3.59. The van der Waals surface area contributed by atoms with Gasteiger partial charge in [-0.1, -0.05) is 18.2 Å². The molecule has 1 N–H and O–H groups in total. The van der Waals surface area contributed by atoms with Crippen LogP contribution < -0.4 is 14.8 Å². The molecule has 2 aromatic rings. The summed E-state index contributed by atoms with van der Waals surface area (Å²) in [6, 6.07) is 12.2. The average Bonchev–Trinajstić information content (AvgIpc) is 2.70. The van der Waals surface area contributed by atoms with E-state index in [1.165, 1.54) is 5.56 Å². The molecule has 1 fully saturated rings. The highest BCUT2D eigenvalue weighted by molar-refractivity contribution is 5.40. The molecule has 2 aliphatic rings. The maximum Gasteiger partial charge on any atom is 0.161 e. The minimum absolute atomic E-state index is 0.00825. The van der Waals surface area contributed by atoms with Gasteiger partial charge >= 0.3 is 0 Å². The summed E-state index contributed by atoms with van der Waals surface area (Å²) in [4.78, 5) is 4.30. The molecule has 5 heteroatoms. The third kappa shape index (κ3) is 3.94. The minimum Gasteiger partial charge on any atom is -0.486 e. The number of ether oxygens (including phenoxy) is 3. The third-order valence-corrected chi connectivity index (χ3v) is 4.91. The number of pyridine rings is 1. The van der Waals surface area contributed by atoms with Gasteiger partial charge in [-0.2, -0.15) is 0 Å². The van der Waals surface area contributed by atoms with E-state index in [0.29, 0.717) is 12.5 Å². The van der Waals surface area contributed by atoms with Gasteiger partial charge in [0.25, 0.3) is 0 Å². The zero-order chi connectivity index (χ0) is 16.9. The van der Waals surface area contributed by atoms with Crippen molar-refractivity contribution in [3.05, 3.63) is 54.4 Å². The van der Waals surface area contributed by atoms with Crippen LogP contribution in [0.3, 0.4) is 0 Å². The van der Waals surface area contributed by atoms with Crippen LogP contribution in [0.25, 0.3) is 0 Å². The molecule has 1 aromatic carbocycles. The number of nitrogens with zero attached hydrogens (tertiary/aromatic N) is 1. The van der Waals surface area contributed by atoms with Crippen molar-refractivity contribution in [2.24, 2.45) is 5.92 Å². The van der Waals surface area contributed by atoms with Crippen molar-refractivity contribution in [2.45, 2.75) is 25.0 Å². The van der Waals surface area contributed by atoms with Gasteiger partial charge in [0.15, 0.2) is 11.5 Å². The predicted octanol–water partition coefficient (Wildman–Crippen LogP) is 2.98. The molecule has 0 spiro atoms. The third-order valence-electron chi connectivity index (χ3n) is 4.91. The van der Waals surface area contributed by atoms with Gasteiger partial charge in [0.05, 0.1) is 0 Å². The Morgan fingerprint density at radius 2 is 1.92 bits per heavy atom. The molecule has 0 aliphatic carbocycles. The number of para-hydroxylation sites is 2. The van der Waals surface area contributed by atoms with Crippen molar-refractivity contribution >= 4 is 0 Å². The van der Waals surface area contributed by atoms with E-state index in [9.17, 15) is 0 Å². The number of rotatable bonds is 5. The SMILES string of the molecule is c1cncc([C@@H](NC[C@H]2COc3ccccc3O2)C2CCOCC2)c1. The van der Waals surface area contributed by atoms with Crippen LogP contribution in [0.4, 0.5) is 0 Å². The zero-order valence-corrected chi connectivity index (χ0v) is 14.3. The standard InChI is InChI=1S/C20H24N2O3/c1-2-6-19-18(5-1)24-14-17(25-19)13-22-20(15-7-10-23-11-8-15)16-4-3-9-21-12-16/h1-6,9,12,15,17,20,22H,7-8,10-11,13-14H2/t17-,20-/m0/s1. The second kappa shape index (κ2) is 7.85. The van der Waals surface area contributed by atoms with E-state index in [1.807, 2.05) is 42.7 Å². The van der Waals surface area contributed by atoms with Crippen LogP contribution in [0.5, 0.6) is 11.5 Å². The first-order chi connectivity index (χ1) is 12.4. The number of nitrogens with one attached hydrogen (secondary N) is 1. The lowest BCUT2D eigenvalue weighted by atomic mass is 9.87. The molecule has 5 nitrogen and oxygen atoms in total. The first-order valence-corrected chi connectivity index (χ1v) is 8.99. The molecule has 3 heterocycles. The number of hydrogen-bond acceptors (Lipinski definition) is 5. The Kier molecular flexibility index (Phi) is 5.14. The van der Waals surface area contributed by atoms with Gasteiger partial charge in [-0.3, -0.25) is 4.98 Å². The fourth-order valence-electron chi connectivity index (χ4n) is 3.59. The molecule has 1 saturated heterocycles. The molecule has 25 heavy (non-hydrogen) atoms. The van der Waals surface area contributed by atoms with Crippen LogP contribution >= 0.6 is 0 Å². The number of fused-ring (bicyclic) bond motifs is 1. The summed E-state index contributed by atoms with van der Waals surface area (Å²) in [5.74, 6) is 2.20. The predicted molar refractivity (Wildman–Crippen MR) is 94.9 cm³/mol. The van der Waals surface area contributed by atoms with Gasteiger partial charge in [0.2, 0.25) is 0 Å². The van der Waals surface area contributed by atoms with Gasteiger partial charge in [-0.25, -0.2) is 0 Å². The van der Waals surface area contributed by atoms with Crippen molar-refractivity contribution in [1.82, 2.24) is 10.3 Å². The van der Waals surface area contributed by atoms with Crippen LogP contribution in [0, 0.1) is 5.92 Å². The van der Waals surface area contributed by atoms with Crippen molar-refractivity contribution in [2.75, 3.05) is 26.4 Å². The molecule has 0 amide bonds. The van der Waals surface area contributed by atoms with Gasteiger partial charge < -0.3 is 19.5 Å². The lowest BCUT2D eigenvalue weighted by molar-refractivity contribution is 0.0474. The monoisotopic (exact) mass is 340 g/mol. The molecule has 0 radical (unpaired) electrons. The van der Waals surface area contributed by atoms with E-state index in [-0.39, 0.29) is 12.1 Å². The van der Waals surface area contributed by atoms with Crippen LogP contribution in [-0.4, -0.2) is 37.5 Å². The van der Waals surface area contributed by atoms with Crippen molar-refractivity contribution in [3.8, 4) is 11.5 Å². The summed E-state index contributed by atoms with van der Waals surface area (Å²) in [5, 5.41) is 3.71. The lowest BCUT2D eigenvalue weighted by Gasteiger charge is -2.33. The Hall–Kier alpha value is -2.11. The topological polar surface area (TPSA) is 52.6 Å². The molecule has 0 unspecified atom stereocenters. The molecule has 0 saturated carbocycles. The van der Waals surface area contributed by atoms with Crippen LogP contribution in [0.2, 0.25) is 0 Å². The van der Waals surface area contributed by atoms with Gasteiger partial charge in [-0.05, 0) is 42.5 Å². The zero-order valence-electron chi connectivity index (χ0n) is 14.3. The first kappa shape index (κ1) is 16.4. The maximum atomic E-state index is 6.08. The molecular weight excluding hydrogens is 316 g/mol. The van der Waals surface area contributed by atoms with Gasteiger partial charge in [0.1, 0.15) is 12.7 Å². The van der Waals surface area contributed by atoms with Crippen molar-refractivity contribution < 1.29 is 14.2 Å². The summed E-state index contributed by atoms with van der Waals surface area (Å²) < 4.78 is 17.4. The Labute approximate surface area is 148 Å². The van der Waals surface area contributed by atoms with E-state index in [4.69, 9.17) is 14.2 Å². The Morgan fingerprint density at radius 3 is 2.72 bits per heavy atom. The summed E-state index contributed by atoms with van der Waals surface area (Å²) in [6.07, 6.45) is 5.92. The maximum absolute atomic E-state index is 6.08. The molecule has 2 atom stereocenters. The van der Waals surface area contributed by atoms with E-state index < -0.39 is 0 Å². The highest BCUT2D eigenvalue weighted by atomic mass is 16.6. The van der Waals surface area contributed by atoms with E-state index >= 15 is 0 Å². The highest BCUT2D eigenvalue weighted by Crippen LogP contribution is 2.32. The van der Waals surface area contributed by atoms with Crippen LogP contribution in [-0.2, 0) is 4.74 Å². The quantitative estimate of drug-likeness (QED) is 0.907. The minimum atomic E-state index is 0.00825. The van der Waals surface area contributed by atoms with E-state index in [1.54, 1.807) is 0 Å². The average molecular weight is 340 g/mol. The Morgan fingerprint density at radius 1 is 1.08 bits per heavy atom. The lowest BCUT2D eigenvalue weighted by Crippen LogP contribution is -2.42. The first-order valence-electron chi connectivity index (χ1n) is 8.99. The highest BCUT2D eigenvalue weighted by Gasteiger charge is 2.28. The van der Waals surface area contributed by atoms with Crippen LogP contribution in [0.15, 0.2) is 48.8 Å². The smallest absolute Gasteiger partial charge is 0.161 e. The van der Waals surface area contributed by atoms with Gasteiger partial charge in [-0.15, -0.1) is 0 Å². The molecule has 0 bridgehead atoms. The van der Waals surface area contributed by atoms with E-state index in [2.05, 4.69) is 16.4 Å². The Bertz CT molecular complexity index is 674. The second-order valence-corrected chi connectivity index (χ2v) is 6.62. The molecule has 1 aromatic heterocycles. The fraction of sp³-hybridized carbons (Fsp3) is 0.450. The summed E-state index contributed by atoms with van der Waals surface area (Å²) >= 11 is 0. The van der Waals surface area contributed by atoms with Crippen molar-refractivity contribution in [1.29, 1.82) is 0 Å². The summed E-state index contributed by atoms with van der Waals surface area (Å²) in [7, 11) is 0. The largest absolute Gasteiger partial charge is 0.486 e. The molecule has 2 aliphatic heterocycles. The molecule has 132 valence electrons. The van der Waals surface area contributed by atoms with Gasteiger partial charge in [0, 0.05) is 38.2 Å². The number of benzene rings is 1.